The Morgan fingerprint density at radius 2 is 1.82 bits per heavy atom. The highest BCUT2D eigenvalue weighted by Crippen LogP contribution is 2.65. The van der Waals surface area contributed by atoms with Gasteiger partial charge in [-0.1, -0.05) is 45.8 Å². The van der Waals surface area contributed by atoms with Gasteiger partial charge >= 0.3 is 0 Å². The van der Waals surface area contributed by atoms with E-state index in [0.717, 1.165) is 36.5 Å². The lowest BCUT2D eigenvalue weighted by atomic mass is 9.50. The highest BCUT2D eigenvalue weighted by atomic mass is 16.3. The summed E-state index contributed by atoms with van der Waals surface area (Å²) in [5, 5.41) is 13.9. The van der Waals surface area contributed by atoms with Crippen LogP contribution in [0.1, 0.15) is 98.8 Å². The van der Waals surface area contributed by atoms with Gasteiger partial charge in [-0.05, 0) is 105 Å². The molecule has 4 aliphatic rings. The normalized spacial score (nSPS) is 44.2. The van der Waals surface area contributed by atoms with E-state index < -0.39 is 0 Å². The number of hydrogen-bond donors (Lipinski definition) is 2. The summed E-state index contributed by atoms with van der Waals surface area (Å²) in [4.78, 5) is 0. The second kappa shape index (κ2) is 7.73. The number of fused-ring (bicyclic) bond motifs is 4. The van der Waals surface area contributed by atoms with Crippen molar-refractivity contribution >= 4 is 0 Å². The summed E-state index contributed by atoms with van der Waals surface area (Å²) >= 11 is 0. The molecule has 0 aromatic rings. The summed E-state index contributed by atoms with van der Waals surface area (Å²) in [5.41, 5.74) is 4.71. The smallest absolute Gasteiger partial charge is 0.0543 e. The monoisotopic (exact) mass is 387 g/mol. The summed E-state index contributed by atoms with van der Waals surface area (Å²) in [6.07, 6.45) is 12.9. The average molecular weight is 388 g/mol. The minimum absolute atomic E-state index is 0.0368. The van der Waals surface area contributed by atoms with Crippen LogP contribution in [0.3, 0.4) is 0 Å². The molecule has 7 atom stereocenters. The van der Waals surface area contributed by atoms with E-state index in [-0.39, 0.29) is 6.10 Å². The number of aliphatic hydroxyl groups excluding tert-OH is 1. The molecule has 2 heteroatoms. The van der Waals surface area contributed by atoms with Gasteiger partial charge in [-0.15, -0.1) is 0 Å². The largest absolute Gasteiger partial charge is 0.393 e. The maximum absolute atomic E-state index is 10.2. The van der Waals surface area contributed by atoms with Gasteiger partial charge in [-0.25, -0.2) is 0 Å². The van der Waals surface area contributed by atoms with Gasteiger partial charge < -0.3 is 10.4 Å². The Hall–Kier alpha value is -0.340. The van der Waals surface area contributed by atoms with E-state index in [0.29, 0.717) is 16.9 Å². The molecule has 0 aromatic carbocycles. The highest BCUT2D eigenvalue weighted by molar-refractivity contribution is 5.34. The zero-order chi connectivity index (χ0) is 20.1. The van der Waals surface area contributed by atoms with Gasteiger partial charge in [0.1, 0.15) is 0 Å². The number of nitrogens with one attached hydrogen (secondary N) is 1. The zero-order valence-electron chi connectivity index (χ0n) is 19.2. The van der Waals surface area contributed by atoms with Crippen molar-refractivity contribution in [3.63, 3.8) is 0 Å². The Morgan fingerprint density at radius 1 is 1.04 bits per heavy atom. The van der Waals surface area contributed by atoms with Crippen molar-refractivity contribution in [2.45, 2.75) is 111 Å². The second-order valence-corrected chi connectivity index (χ2v) is 11.7. The minimum Gasteiger partial charge on any atom is -0.393 e. The van der Waals surface area contributed by atoms with Crippen molar-refractivity contribution in [3.8, 4) is 0 Å². The fourth-order valence-corrected chi connectivity index (χ4v) is 8.21. The van der Waals surface area contributed by atoms with E-state index in [1.807, 2.05) is 11.1 Å². The molecular weight excluding hydrogens is 342 g/mol. The Kier molecular flexibility index (Phi) is 5.77. The number of hydrogen-bond acceptors (Lipinski definition) is 2. The molecule has 0 aromatic heterocycles. The summed E-state index contributed by atoms with van der Waals surface area (Å²) in [5.74, 6) is 3.32. The molecule has 0 saturated heterocycles. The first-order valence-corrected chi connectivity index (χ1v) is 12.4. The standard InChI is InChI=1S/C26H45NO/c1-17(2)27-15-12-18(3)22-8-9-23-21-7-6-19-16-20(28)10-13-25(19,4)24(21)11-14-26(22,23)5/h17-20,22-23,27-28H,6-16H2,1-5H3/t18-,19+,20+,22-,23+,25+,26-/m1/s1. The predicted molar refractivity (Wildman–Crippen MR) is 118 cm³/mol. The van der Waals surface area contributed by atoms with Crippen LogP contribution in [0.4, 0.5) is 0 Å². The first kappa shape index (κ1) is 20.9. The molecule has 2 nitrogen and oxygen atoms in total. The van der Waals surface area contributed by atoms with Crippen LogP contribution >= 0.6 is 0 Å². The van der Waals surface area contributed by atoms with Gasteiger partial charge in [0.05, 0.1) is 6.10 Å². The van der Waals surface area contributed by atoms with Crippen LogP contribution in [0.5, 0.6) is 0 Å². The zero-order valence-corrected chi connectivity index (χ0v) is 19.2. The molecule has 0 aliphatic heterocycles. The van der Waals surface area contributed by atoms with Crippen LogP contribution in [0.25, 0.3) is 0 Å². The van der Waals surface area contributed by atoms with E-state index in [1.54, 1.807) is 0 Å². The van der Waals surface area contributed by atoms with Crippen LogP contribution in [-0.2, 0) is 0 Å². The Balaban J connectivity index is 1.52. The highest BCUT2D eigenvalue weighted by Gasteiger charge is 2.55. The second-order valence-electron chi connectivity index (χ2n) is 11.7. The van der Waals surface area contributed by atoms with E-state index in [1.165, 1.54) is 57.9 Å². The molecule has 28 heavy (non-hydrogen) atoms. The van der Waals surface area contributed by atoms with Crippen LogP contribution in [0.15, 0.2) is 11.1 Å². The molecule has 0 heterocycles. The van der Waals surface area contributed by atoms with Crippen LogP contribution in [-0.4, -0.2) is 23.8 Å². The minimum atomic E-state index is -0.0368. The molecule has 0 spiro atoms. The van der Waals surface area contributed by atoms with Crippen molar-refractivity contribution in [3.05, 3.63) is 11.1 Å². The first-order valence-electron chi connectivity index (χ1n) is 12.4. The third kappa shape index (κ3) is 3.41. The van der Waals surface area contributed by atoms with Gasteiger partial charge in [0, 0.05) is 6.04 Å². The molecular formula is C26H45NO. The van der Waals surface area contributed by atoms with E-state index in [2.05, 4.69) is 39.9 Å². The number of allylic oxidation sites excluding steroid dienone is 2. The lowest BCUT2D eigenvalue weighted by Gasteiger charge is -2.55. The van der Waals surface area contributed by atoms with E-state index >= 15 is 0 Å². The van der Waals surface area contributed by atoms with Gasteiger partial charge in [-0.2, -0.15) is 0 Å². The SMILES string of the molecule is CC(C)NCC[C@@H](C)[C@H]1CC[C@H]2C3=C(CC[C@]12C)[C@@]1(C)CC[C@H](O)C[C@@H]1CC3. The Bertz CT molecular complexity index is 610. The average Bonchev–Trinajstić information content (AvgIpc) is 2.99. The van der Waals surface area contributed by atoms with E-state index in [4.69, 9.17) is 0 Å². The molecule has 2 saturated carbocycles. The van der Waals surface area contributed by atoms with Crippen molar-refractivity contribution in [1.29, 1.82) is 0 Å². The molecule has 4 rings (SSSR count). The van der Waals surface area contributed by atoms with Crippen LogP contribution in [0.2, 0.25) is 0 Å². The summed E-state index contributed by atoms with van der Waals surface area (Å²) < 4.78 is 0. The Labute approximate surface area is 173 Å². The van der Waals surface area contributed by atoms with Crippen molar-refractivity contribution < 1.29 is 5.11 Å². The summed E-state index contributed by atoms with van der Waals surface area (Å²) in [7, 11) is 0. The molecule has 160 valence electrons. The molecule has 0 unspecified atom stereocenters. The quantitative estimate of drug-likeness (QED) is 0.559. The molecule has 0 bridgehead atoms. The fraction of sp³-hybridized carbons (Fsp3) is 0.923. The van der Waals surface area contributed by atoms with E-state index in [9.17, 15) is 5.11 Å². The van der Waals surface area contributed by atoms with Crippen molar-refractivity contribution in [1.82, 2.24) is 5.32 Å². The molecule has 0 radical (unpaired) electrons. The lowest BCUT2D eigenvalue weighted by Crippen LogP contribution is -2.45. The van der Waals surface area contributed by atoms with Crippen LogP contribution < -0.4 is 5.32 Å². The van der Waals surface area contributed by atoms with Crippen molar-refractivity contribution in [2.24, 2.45) is 34.5 Å². The molecule has 4 aliphatic carbocycles. The fourth-order valence-electron chi connectivity index (χ4n) is 8.21. The molecule has 2 N–H and O–H groups in total. The van der Waals surface area contributed by atoms with Crippen molar-refractivity contribution in [2.75, 3.05) is 6.54 Å². The van der Waals surface area contributed by atoms with Gasteiger partial charge in [0.25, 0.3) is 0 Å². The summed E-state index contributed by atoms with van der Waals surface area (Å²) in [6.45, 7) is 13.4. The van der Waals surface area contributed by atoms with Crippen LogP contribution in [0, 0.1) is 34.5 Å². The maximum Gasteiger partial charge on any atom is 0.0543 e. The molecule has 2 fully saturated rings. The number of aliphatic hydroxyl groups is 1. The van der Waals surface area contributed by atoms with Gasteiger partial charge in [0.15, 0.2) is 0 Å². The predicted octanol–water partition coefficient (Wildman–Crippen LogP) is 6.09. The maximum atomic E-state index is 10.2. The topological polar surface area (TPSA) is 32.3 Å². The summed E-state index contributed by atoms with van der Waals surface area (Å²) in [6, 6.07) is 0.603. The van der Waals surface area contributed by atoms with Gasteiger partial charge in [-0.3, -0.25) is 0 Å². The third-order valence-electron chi connectivity index (χ3n) is 9.88. The molecule has 0 amide bonds. The van der Waals surface area contributed by atoms with Gasteiger partial charge in [0.2, 0.25) is 0 Å². The third-order valence-corrected chi connectivity index (χ3v) is 9.88. The lowest BCUT2D eigenvalue weighted by molar-refractivity contribution is 0.0133. The first-order chi connectivity index (χ1) is 13.3. The Morgan fingerprint density at radius 3 is 2.57 bits per heavy atom. The number of rotatable bonds is 5.